The first-order valence-corrected chi connectivity index (χ1v) is 10.6. The molecule has 3 amide bonds. The Hall–Kier alpha value is -1.85. The lowest BCUT2D eigenvalue weighted by atomic mass is 10.00. The highest BCUT2D eigenvalue weighted by Gasteiger charge is 2.32. The normalized spacial score (nSPS) is 16.3. The molecule has 30 heavy (non-hydrogen) atoms. The number of carbonyl (C=O) groups excluding carboxylic acids is 3. The van der Waals surface area contributed by atoms with Gasteiger partial charge in [0.15, 0.2) is 0 Å². The molecule has 0 saturated heterocycles. The van der Waals surface area contributed by atoms with Crippen LogP contribution in [0.15, 0.2) is 0 Å². The van der Waals surface area contributed by atoms with Crippen molar-refractivity contribution in [3.63, 3.8) is 0 Å². The van der Waals surface area contributed by atoms with E-state index < -0.39 is 54.0 Å². The second kappa shape index (κ2) is 13.5. The molecule has 0 aromatic carbocycles. The molecule has 0 radical (unpaired) electrons. The summed E-state index contributed by atoms with van der Waals surface area (Å²) in [4.78, 5) is 48.8. The fraction of sp³-hybridized carbons (Fsp3) is 0.789. The summed E-state index contributed by atoms with van der Waals surface area (Å²) in [6.45, 7) is 8.67. The fourth-order valence-corrected chi connectivity index (χ4v) is 2.84. The van der Waals surface area contributed by atoms with Crippen molar-refractivity contribution >= 4 is 36.3 Å². The number of aliphatic carboxylic acids is 1. The highest BCUT2D eigenvalue weighted by Crippen LogP contribution is 2.09. The van der Waals surface area contributed by atoms with Crippen LogP contribution in [0.25, 0.3) is 0 Å². The average Bonchev–Trinajstić information content (AvgIpc) is 2.62. The predicted octanol–water partition coefficient (Wildman–Crippen LogP) is -0.744. The minimum absolute atomic E-state index is 0.00613. The minimum Gasteiger partial charge on any atom is -0.480 e. The van der Waals surface area contributed by atoms with Gasteiger partial charge in [0.2, 0.25) is 17.7 Å². The molecule has 0 saturated carbocycles. The van der Waals surface area contributed by atoms with Crippen molar-refractivity contribution in [1.82, 2.24) is 16.0 Å². The number of carboxylic acid groups (broad SMARTS) is 1. The van der Waals surface area contributed by atoms with E-state index >= 15 is 0 Å². The predicted molar refractivity (Wildman–Crippen MR) is 116 cm³/mol. The zero-order valence-electron chi connectivity index (χ0n) is 18.2. The monoisotopic (exact) mass is 448 g/mol. The number of nitrogens with one attached hydrogen (secondary N) is 3. The zero-order valence-corrected chi connectivity index (χ0v) is 19.1. The van der Waals surface area contributed by atoms with Crippen LogP contribution >= 0.6 is 12.6 Å². The maximum atomic E-state index is 12.7. The molecule has 0 fully saturated rings. The molecule has 5 atom stereocenters. The molecule has 11 heteroatoms. The SMILES string of the molecule is CC(C)C[C@H](NC(=O)[C@H](CC(C)C)NC(=O)[C@@H](NC(=O)[C@@H](N)CS)[C@@H](C)O)C(=O)O. The molecule has 0 unspecified atom stereocenters. The Bertz CT molecular complexity index is 600. The van der Waals surface area contributed by atoms with E-state index in [1.807, 2.05) is 27.7 Å². The number of carboxylic acids is 1. The molecule has 0 aromatic heterocycles. The molecular formula is C19H36N4O6S. The summed E-state index contributed by atoms with van der Waals surface area (Å²) in [5.41, 5.74) is 5.58. The van der Waals surface area contributed by atoms with Gasteiger partial charge in [-0.3, -0.25) is 14.4 Å². The van der Waals surface area contributed by atoms with Crippen molar-refractivity contribution in [1.29, 1.82) is 0 Å². The summed E-state index contributed by atoms with van der Waals surface area (Å²) in [5, 5.41) is 26.6. The van der Waals surface area contributed by atoms with Crippen molar-refractivity contribution < 1.29 is 29.4 Å². The summed E-state index contributed by atoms with van der Waals surface area (Å²) in [7, 11) is 0. The van der Waals surface area contributed by atoms with Crippen molar-refractivity contribution in [2.45, 2.75) is 77.7 Å². The van der Waals surface area contributed by atoms with Crippen LogP contribution in [0.4, 0.5) is 0 Å². The Morgan fingerprint density at radius 1 is 0.833 bits per heavy atom. The van der Waals surface area contributed by atoms with E-state index in [9.17, 15) is 29.4 Å². The molecule has 0 aliphatic rings. The molecule has 0 aliphatic heterocycles. The van der Waals surface area contributed by atoms with Crippen molar-refractivity contribution in [3.8, 4) is 0 Å². The Labute approximate surface area is 183 Å². The smallest absolute Gasteiger partial charge is 0.326 e. The van der Waals surface area contributed by atoms with Gasteiger partial charge < -0.3 is 31.9 Å². The number of aliphatic hydroxyl groups excluding tert-OH is 1. The second-order valence-electron chi connectivity index (χ2n) is 8.24. The van der Waals surface area contributed by atoms with Gasteiger partial charge >= 0.3 is 5.97 Å². The second-order valence-corrected chi connectivity index (χ2v) is 8.60. The Morgan fingerprint density at radius 2 is 1.30 bits per heavy atom. The van der Waals surface area contributed by atoms with E-state index in [0.29, 0.717) is 0 Å². The van der Waals surface area contributed by atoms with E-state index in [4.69, 9.17) is 5.73 Å². The number of hydrogen-bond acceptors (Lipinski definition) is 7. The molecule has 0 aliphatic carbocycles. The first-order valence-electron chi connectivity index (χ1n) is 9.98. The molecule has 0 spiro atoms. The van der Waals surface area contributed by atoms with Gasteiger partial charge in [-0.15, -0.1) is 0 Å². The van der Waals surface area contributed by atoms with Gasteiger partial charge in [-0.1, -0.05) is 27.7 Å². The van der Waals surface area contributed by atoms with Gasteiger partial charge in [-0.2, -0.15) is 12.6 Å². The highest BCUT2D eigenvalue weighted by molar-refractivity contribution is 7.80. The summed E-state index contributed by atoms with van der Waals surface area (Å²) < 4.78 is 0. The van der Waals surface area contributed by atoms with Crippen LogP contribution in [-0.2, 0) is 19.2 Å². The van der Waals surface area contributed by atoms with Gasteiger partial charge in [0, 0.05) is 5.75 Å². The van der Waals surface area contributed by atoms with E-state index in [-0.39, 0.29) is 30.4 Å². The van der Waals surface area contributed by atoms with E-state index in [0.717, 1.165) is 0 Å². The lowest BCUT2D eigenvalue weighted by molar-refractivity contribution is -0.143. The standard InChI is InChI=1S/C19H36N4O6S/c1-9(2)6-13(17(26)22-14(19(28)29)7-10(3)4)21-18(27)15(11(5)24)23-16(25)12(20)8-30/h9-15,24,30H,6-8,20H2,1-5H3,(H,21,27)(H,22,26)(H,23,25)(H,28,29)/t11-,12+,13+,14+,15+/m1/s1. The molecule has 0 bridgehead atoms. The quantitative estimate of drug-likeness (QED) is 0.182. The number of hydrogen-bond donors (Lipinski definition) is 7. The Kier molecular flexibility index (Phi) is 12.6. The van der Waals surface area contributed by atoms with Crippen LogP contribution in [0.1, 0.15) is 47.5 Å². The van der Waals surface area contributed by atoms with E-state index in [1.54, 1.807) is 0 Å². The first kappa shape index (κ1) is 28.1. The number of rotatable bonds is 13. The summed E-state index contributed by atoms with van der Waals surface area (Å²) in [5.74, 6) is -3.17. The lowest BCUT2D eigenvalue weighted by Gasteiger charge is -2.27. The minimum atomic E-state index is -1.34. The van der Waals surface area contributed by atoms with E-state index in [1.165, 1.54) is 6.92 Å². The van der Waals surface area contributed by atoms with Crippen LogP contribution in [-0.4, -0.2) is 69.9 Å². The maximum absolute atomic E-state index is 12.7. The van der Waals surface area contributed by atoms with Gasteiger partial charge in [0.05, 0.1) is 12.1 Å². The topological polar surface area (TPSA) is 171 Å². The van der Waals surface area contributed by atoms with E-state index in [2.05, 4.69) is 28.6 Å². The Morgan fingerprint density at radius 3 is 1.70 bits per heavy atom. The average molecular weight is 449 g/mol. The van der Waals surface area contributed by atoms with Crippen molar-refractivity contribution in [2.24, 2.45) is 17.6 Å². The third-order valence-corrected chi connectivity index (χ3v) is 4.65. The molecule has 0 heterocycles. The first-order chi connectivity index (χ1) is 13.8. The molecule has 0 aromatic rings. The number of aliphatic hydroxyl groups is 1. The number of nitrogens with two attached hydrogens (primary N) is 1. The fourth-order valence-electron chi connectivity index (χ4n) is 2.68. The maximum Gasteiger partial charge on any atom is 0.326 e. The van der Waals surface area contributed by atoms with Gasteiger partial charge in [-0.05, 0) is 31.6 Å². The summed E-state index contributed by atoms with van der Waals surface area (Å²) in [6, 6.07) is -4.44. The van der Waals surface area contributed by atoms with Crippen LogP contribution < -0.4 is 21.7 Å². The van der Waals surface area contributed by atoms with Crippen LogP contribution in [0.3, 0.4) is 0 Å². The molecule has 0 rings (SSSR count). The van der Waals surface area contributed by atoms with Gasteiger partial charge in [-0.25, -0.2) is 4.79 Å². The molecule has 174 valence electrons. The Balaban J connectivity index is 5.40. The molecule has 7 N–H and O–H groups in total. The summed E-state index contributed by atoms with van der Waals surface area (Å²) >= 11 is 3.92. The third-order valence-electron chi connectivity index (χ3n) is 4.26. The zero-order chi connectivity index (χ0) is 23.6. The van der Waals surface area contributed by atoms with Gasteiger partial charge in [0.25, 0.3) is 0 Å². The van der Waals surface area contributed by atoms with Gasteiger partial charge in [0.1, 0.15) is 18.1 Å². The van der Waals surface area contributed by atoms with Crippen LogP contribution in [0.2, 0.25) is 0 Å². The van der Waals surface area contributed by atoms with Crippen LogP contribution in [0, 0.1) is 11.8 Å². The summed E-state index contributed by atoms with van der Waals surface area (Å²) in [6.07, 6.45) is -0.781. The number of amides is 3. The number of carbonyl (C=O) groups is 4. The number of thiol groups is 1. The lowest BCUT2D eigenvalue weighted by Crippen LogP contribution is -2.60. The highest BCUT2D eigenvalue weighted by atomic mass is 32.1. The molecule has 10 nitrogen and oxygen atoms in total. The molecular weight excluding hydrogens is 412 g/mol. The largest absolute Gasteiger partial charge is 0.480 e. The van der Waals surface area contributed by atoms with Crippen LogP contribution in [0.5, 0.6) is 0 Å². The van der Waals surface area contributed by atoms with Crippen molar-refractivity contribution in [3.05, 3.63) is 0 Å². The van der Waals surface area contributed by atoms with Crippen molar-refractivity contribution in [2.75, 3.05) is 5.75 Å². The third kappa shape index (κ3) is 10.3.